The van der Waals surface area contributed by atoms with Crippen molar-refractivity contribution in [2.75, 3.05) is 24.6 Å². The third-order valence-corrected chi connectivity index (χ3v) is 3.31. The van der Waals surface area contributed by atoms with E-state index in [2.05, 4.69) is 0 Å². The molecule has 106 valence electrons. The molecule has 1 aromatic carbocycles. The van der Waals surface area contributed by atoms with Crippen molar-refractivity contribution in [3.05, 3.63) is 29.6 Å². The van der Waals surface area contributed by atoms with Gasteiger partial charge >= 0.3 is 0 Å². The summed E-state index contributed by atoms with van der Waals surface area (Å²) in [5.74, 6) is -0.357. The molecule has 3 atom stereocenters. The summed E-state index contributed by atoms with van der Waals surface area (Å²) in [7, 11) is 0. The maximum atomic E-state index is 14.1. The van der Waals surface area contributed by atoms with Crippen LogP contribution in [0.4, 0.5) is 10.1 Å². The number of aliphatic hydroxyl groups is 2. The zero-order valence-electron chi connectivity index (χ0n) is 11.2. The first-order valence-corrected chi connectivity index (χ1v) is 6.50. The number of benzene rings is 1. The molecule has 2 N–H and O–H groups in total. The number of rotatable bonds is 3. The number of hydrogen-bond acceptors (Lipinski definition) is 4. The topological polar surface area (TPSA) is 52.9 Å². The molecular weight excluding hydrogens is 249 g/mol. The van der Waals surface area contributed by atoms with E-state index < -0.39 is 6.10 Å². The summed E-state index contributed by atoms with van der Waals surface area (Å²) in [6, 6.07) is 4.70. The largest absolute Gasteiger partial charge is 0.394 e. The van der Waals surface area contributed by atoms with Gasteiger partial charge in [0.1, 0.15) is 5.82 Å². The van der Waals surface area contributed by atoms with E-state index in [1.54, 1.807) is 19.1 Å². The first-order valence-electron chi connectivity index (χ1n) is 6.50. The molecule has 2 unspecified atom stereocenters. The molecule has 0 aliphatic carbocycles. The summed E-state index contributed by atoms with van der Waals surface area (Å²) in [5, 5.41) is 19.0. The van der Waals surface area contributed by atoms with Crippen molar-refractivity contribution in [2.24, 2.45) is 0 Å². The predicted molar refractivity (Wildman–Crippen MR) is 70.7 cm³/mol. The average molecular weight is 269 g/mol. The van der Waals surface area contributed by atoms with E-state index in [0.29, 0.717) is 24.3 Å². The summed E-state index contributed by atoms with van der Waals surface area (Å²) in [5.41, 5.74) is 0.969. The first kappa shape index (κ1) is 14.2. The third-order valence-electron chi connectivity index (χ3n) is 3.31. The lowest BCUT2D eigenvalue weighted by Gasteiger charge is -2.38. The number of para-hydroxylation sites is 1. The van der Waals surface area contributed by atoms with Crippen LogP contribution in [0.15, 0.2) is 18.2 Å². The molecule has 0 bridgehead atoms. The molecule has 0 amide bonds. The van der Waals surface area contributed by atoms with Crippen molar-refractivity contribution in [3.8, 4) is 0 Å². The molecule has 19 heavy (non-hydrogen) atoms. The lowest BCUT2D eigenvalue weighted by Crippen LogP contribution is -2.48. The molecule has 0 spiro atoms. The van der Waals surface area contributed by atoms with Gasteiger partial charge in [0, 0.05) is 18.7 Å². The van der Waals surface area contributed by atoms with Crippen LogP contribution >= 0.6 is 0 Å². The van der Waals surface area contributed by atoms with E-state index in [9.17, 15) is 14.6 Å². The monoisotopic (exact) mass is 269 g/mol. The second-order valence-corrected chi connectivity index (χ2v) is 5.01. The molecule has 0 saturated carbocycles. The highest BCUT2D eigenvalue weighted by Gasteiger charge is 2.28. The van der Waals surface area contributed by atoms with Crippen LogP contribution in [0.2, 0.25) is 0 Å². The van der Waals surface area contributed by atoms with Gasteiger partial charge in [-0.25, -0.2) is 4.39 Å². The Morgan fingerprint density at radius 2 is 2.21 bits per heavy atom. The first-order chi connectivity index (χ1) is 9.02. The molecular formula is C14H20FNO3. The van der Waals surface area contributed by atoms with E-state index in [1.807, 2.05) is 11.8 Å². The van der Waals surface area contributed by atoms with E-state index >= 15 is 0 Å². The Balaban J connectivity index is 2.35. The molecule has 1 aromatic rings. The molecule has 4 nitrogen and oxygen atoms in total. The van der Waals surface area contributed by atoms with Gasteiger partial charge in [-0.3, -0.25) is 0 Å². The minimum Gasteiger partial charge on any atom is -0.394 e. The Morgan fingerprint density at radius 3 is 2.84 bits per heavy atom. The zero-order chi connectivity index (χ0) is 14.0. The van der Waals surface area contributed by atoms with Gasteiger partial charge in [-0.1, -0.05) is 12.1 Å². The third kappa shape index (κ3) is 3.05. The highest BCUT2D eigenvalue weighted by atomic mass is 19.1. The standard InChI is InChI=1S/C14H20FNO3/c1-9-6-16(7-11(8-17)19-9)14-12(10(2)18)4-3-5-13(14)15/h3-5,9-11,17-18H,6-8H2,1-2H3/t9?,10-,11?/m0/s1. The number of nitrogens with zero attached hydrogens (tertiary/aromatic N) is 1. The number of ether oxygens (including phenoxy) is 1. The molecule has 5 heteroatoms. The molecule has 1 fully saturated rings. The Bertz CT molecular complexity index is 439. The Labute approximate surface area is 112 Å². The van der Waals surface area contributed by atoms with Crippen LogP contribution in [0.5, 0.6) is 0 Å². The second kappa shape index (κ2) is 5.86. The lowest BCUT2D eigenvalue weighted by atomic mass is 10.0. The Kier molecular flexibility index (Phi) is 4.39. The SMILES string of the molecule is CC1CN(c2c(F)cccc2[C@H](C)O)CC(CO)O1. The molecule has 1 aliphatic heterocycles. The lowest BCUT2D eigenvalue weighted by molar-refractivity contribution is -0.0423. The predicted octanol–water partition coefficient (Wildman–Crippen LogP) is 1.46. The van der Waals surface area contributed by atoms with Crippen LogP contribution in [0, 0.1) is 5.82 Å². The minimum atomic E-state index is -0.739. The van der Waals surface area contributed by atoms with Crippen molar-refractivity contribution >= 4 is 5.69 Å². The van der Waals surface area contributed by atoms with E-state index in [-0.39, 0.29) is 24.6 Å². The average Bonchev–Trinajstić information content (AvgIpc) is 2.37. The summed E-state index contributed by atoms with van der Waals surface area (Å²) < 4.78 is 19.6. The summed E-state index contributed by atoms with van der Waals surface area (Å²) >= 11 is 0. The van der Waals surface area contributed by atoms with E-state index in [0.717, 1.165) is 0 Å². The van der Waals surface area contributed by atoms with Gasteiger partial charge in [-0.2, -0.15) is 0 Å². The van der Waals surface area contributed by atoms with Crippen molar-refractivity contribution in [3.63, 3.8) is 0 Å². The van der Waals surface area contributed by atoms with Gasteiger partial charge < -0.3 is 19.8 Å². The van der Waals surface area contributed by atoms with Gasteiger partial charge in [0.2, 0.25) is 0 Å². The number of aliphatic hydroxyl groups excluding tert-OH is 2. The fourth-order valence-corrected chi connectivity index (χ4v) is 2.53. The van der Waals surface area contributed by atoms with Crippen LogP contribution in [0.3, 0.4) is 0 Å². The van der Waals surface area contributed by atoms with Crippen LogP contribution in [-0.4, -0.2) is 42.1 Å². The van der Waals surface area contributed by atoms with Gasteiger partial charge in [0.25, 0.3) is 0 Å². The summed E-state index contributed by atoms with van der Waals surface area (Å²) in [4.78, 5) is 1.84. The fraction of sp³-hybridized carbons (Fsp3) is 0.571. The maximum absolute atomic E-state index is 14.1. The van der Waals surface area contributed by atoms with E-state index in [4.69, 9.17) is 4.74 Å². The van der Waals surface area contributed by atoms with Gasteiger partial charge in [-0.05, 0) is 19.9 Å². The van der Waals surface area contributed by atoms with Gasteiger partial charge in [0.15, 0.2) is 0 Å². The van der Waals surface area contributed by atoms with E-state index in [1.165, 1.54) is 6.07 Å². The number of hydrogen-bond donors (Lipinski definition) is 2. The van der Waals surface area contributed by atoms with Crippen molar-refractivity contribution < 1.29 is 19.3 Å². The molecule has 1 aliphatic rings. The maximum Gasteiger partial charge on any atom is 0.146 e. The number of morpholine rings is 1. The minimum absolute atomic E-state index is 0.0904. The van der Waals surface area contributed by atoms with Crippen LogP contribution in [-0.2, 0) is 4.74 Å². The molecule has 1 heterocycles. The molecule has 0 radical (unpaired) electrons. The van der Waals surface area contributed by atoms with Crippen LogP contribution in [0.25, 0.3) is 0 Å². The van der Waals surface area contributed by atoms with Crippen molar-refractivity contribution in [1.29, 1.82) is 0 Å². The zero-order valence-corrected chi connectivity index (χ0v) is 11.2. The highest BCUT2D eigenvalue weighted by Crippen LogP contribution is 2.31. The van der Waals surface area contributed by atoms with Crippen LogP contribution < -0.4 is 4.90 Å². The number of anilines is 1. The molecule has 2 rings (SSSR count). The quantitative estimate of drug-likeness (QED) is 0.872. The Hall–Kier alpha value is -1.17. The summed E-state index contributed by atoms with van der Waals surface area (Å²) in [6.07, 6.45) is -1.16. The van der Waals surface area contributed by atoms with Gasteiger partial charge in [0.05, 0.1) is 30.6 Å². The molecule has 1 saturated heterocycles. The Morgan fingerprint density at radius 1 is 1.47 bits per heavy atom. The van der Waals surface area contributed by atoms with Crippen molar-refractivity contribution in [2.45, 2.75) is 32.2 Å². The van der Waals surface area contributed by atoms with Gasteiger partial charge in [-0.15, -0.1) is 0 Å². The normalized spacial score (nSPS) is 25.4. The summed E-state index contributed by atoms with van der Waals surface area (Å²) in [6.45, 7) is 4.36. The fourth-order valence-electron chi connectivity index (χ4n) is 2.53. The second-order valence-electron chi connectivity index (χ2n) is 5.01. The molecule has 0 aromatic heterocycles. The van der Waals surface area contributed by atoms with Crippen LogP contribution in [0.1, 0.15) is 25.5 Å². The van der Waals surface area contributed by atoms with Crippen molar-refractivity contribution in [1.82, 2.24) is 0 Å². The highest BCUT2D eigenvalue weighted by molar-refractivity contribution is 5.56. The smallest absolute Gasteiger partial charge is 0.146 e. The number of halogens is 1.